The van der Waals surface area contributed by atoms with E-state index in [0.717, 1.165) is 11.1 Å². The van der Waals surface area contributed by atoms with Gasteiger partial charge in [0.2, 0.25) is 0 Å². The maximum atomic E-state index is 12.3. The van der Waals surface area contributed by atoms with E-state index >= 15 is 0 Å². The number of carbonyl (C=O) groups is 1. The zero-order chi connectivity index (χ0) is 16.7. The number of pyridine rings is 2. The van der Waals surface area contributed by atoms with Crippen molar-refractivity contribution in [1.29, 1.82) is 0 Å². The van der Waals surface area contributed by atoms with Crippen molar-refractivity contribution in [3.63, 3.8) is 0 Å². The maximum Gasteiger partial charge on any atom is 0.336 e. The van der Waals surface area contributed by atoms with Gasteiger partial charge in [-0.05, 0) is 46.0 Å². The summed E-state index contributed by atoms with van der Waals surface area (Å²) < 4.78 is 0. The number of hydrogen-bond acceptors (Lipinski definition) is 3. The summed E-state index contributed by atoms with van der Waals surface area (Å²) in [5.41, 5.74) is 1.72. The summed E-state index contributed by atoms with van der Waals surface area (Å²) in [6.45, 7) is 0. The molecule has 2 N–H and O–H groups in total. The first-order valence-corrected chi connectivity index (χ1v) is 7.37. The van der Waals surface area contributed by atoms with Crippen LogP contribution in [-0.4, -0.2) is 21.0 Å². The minimum Gasteiger partial charge on any atom is -0.478 e. The summed E-state index contributed by atoms with van der Waals surface area (Å²) in [4.78, 5) is 30.7. The summed E-state index contributed by atoms with van der Waals surface area (Å²) >= 11 is 0. The molecule has 5 heteroatoms. The van der Waals surface area contributed by atoms with Gasteiger partial charge in [-0.2, -0.15) is 0 Å². The molecule has 0 fully saturated rings. The van der Waals surface area contributed by atoms with Gasteiger partial charge in [-0.25, -0.2) is 4.79 Å². The predicted molar refractivity (Wildman–Crippen MR) is 92.3 cm³/mol. The molecule has 0 saturated heterocycles. The van der Waals surface area contributed by atoms with E-state index in [1.165, 1.54) is 6.20 Å². The molecule has 0 spiro atoms. The van der Waals surface area contributed by atoms with E-state index in [1.54, 1.807) is 30.6 Å². The van der Waals surface area contributed by atoms with Crippen LogP contribution in [0.15, 0.2) is 65.8 Å². The lowest BCUT2D eigenvalue weighted by Crippen LogP contribution is -2.07. The molecular weight excluding hydrogens is 304 g/mol. The van der Waals surface area contributed by atoms with Gasteiger partial charge in [-0.1, -0.05) is 18.2 Å². The van der Waals surface area contributed by atoms with Crippen LogP contribution < -0.4 is 5.56 Å². The summed E-state index contributed by atoms with van der Waals surface area (Å²) in [6, 6.07) is 12.4. The minimum absolute atomic E-state index is 0.181. The van der Waals surface area contributed by atoms with Gasteiger partial charge < -0.3 is 10.1 Å². The minimum atomic E-state index is -1.02. The average molecular weight is 316 g/mol. The van der Waals surface area contributed by atoms with E-state index in [9.17, 15) is 14.7 Å². The molecule has 4 rings (SSSR count). The predicted octanol–water partition coefficient (Wildman–Crippen LogP) is 3.44. The molecule has 0 aliphatic rings. The lowest BCUT2D eigenvalue weighted by Gasteiger charge is -2.09. The lowest BCUT2D eigenvalue weighted by atomic mass is 9.95. The van der Waals surface area contributed by atoms with Gasteiger partial charge in [-0.15, -0.1) is 0 Å². The molecule has 0 aliphatic heterocycles. The Morgan fingerprint density at radius 3 is 2.67 bits per heavy atom. The summed E-state index contributed by atoms with van der Waals surface area (Å²) in [5.74, 6) is -1.02. The Kier molecular flexibility index (Phi) is 3.13. The van der Waals surface area contributed by atoms with Crippen LogP contribution in [0, 0.1) is 0 Å². The fraction of sp³-hybridized carbons (Fsp3) is 0. The fourth-order valence-electron chi connectivity index (χ4n) is 3.00. The topological polar surface area (TPSA) is 83.0 Å². The highest BCUT2D eigenvalue weighted by atomic mass is 16.4. The second-order valence-electron chi connectivity index (χ2n) is 5.50. The quantitative estimate of drug-likeness (QED) is 0.555. The number of benzene rings is 2. The highest BCUT2D eigenvalue weighted by Gasteiger charge is 2.14. The number of nitrogens with zero attached hydrogens (tertiary/aromatic N) is 1. The monoisotopic (exact) mass is 316 g/mol. The summed E-state index contributed by atoms with van der Waals surface area (Å²) in [5, 5.41) is 11.8. The third kappa shape index (κ3) is 2.14. The Hall–Kier alpha value is -3.47. The van der Waals surface area contributed by atoms with E-state index in [2.05, 4.69) is 9.97 Å². The Morgan fingerprint density at radius 2 is 1.92 bits per heavy atom. The molecule has 0 bridgehead atoms. The van der Waals surface area contributed by atoms with Crippen molar-refractivity contribution >= 4 is 27.5 Å². The summed E-state index contributed by atoms with van der Waals surface area (Å²) in [6.07, 6.45) is 4.94. The molecule has 2 aromatic heterocycles. The number of nitrogens with one attached hydrogen (secondary N) is 1. The molecule has 0 aliphatic carbocycles. The second-order valence-corrected chi connectivity index (χ2v) is 5.50. The van der Waals surface area contributed by atoms with Crippen molar-refractivity contribution in [3.05, 3.63) is 77.0 Å². The lowest BCUT2D eigenvalue weighted by molar-refractivity contribution is 0.0699. The Balaban J connectivity index is 2.17. The molecule has 2 aromatic carbocycles. The standard InChI is InChI=1S/C19H12N2O3/c22-18-17-12(5-7-21-18)9-16(19(23)24)14-4-3-11(8-15(14)17)13-2-1-6-20-10-13/h1-10H,(H,21,22)(H,23,24). The van der Waals surface area contributed by atoms with E-state index in [0.29, 0.717) is 21.5 Å². The molecule has 0 saturated carbocycles. The van der Waals surface area contributed by atoms with Crippen molar-refractivity contribution < 1.29 is 9.90 Å². The van der Waals surface area contributed by atoms with E-state index in [4.69, 9.17) is 0 Å². The first-order valence-electron chi connectivity index (χ1n) is 7.37. The Morgan fingerprint density at radius 1 is 1.04 bits per heavy atom. The zero-order valence-corrected chi connectivity index (χ0v) is 12.5. The SMILES string of the molecule is O=C(O)c1cc2cc[nH]c(=O)c2c2cc(-c3cccnc3)ccc12. The highest BCUT2D eigenvalue weighted by Crippen LogP contribution is 2.30. The molecule has 2 heterocycles. The highest BCUT2D eigenvalue weighted by molar-refractivity contribution is 6.16. The normalized spacial score (nSPS) is 11.0. The molecule has 4 aromatic rings. The largest absolute Gasteiger partial charge is 0.478 e. The van der Waals surface area contributed by atoms with Gasteiger partial charge in [-0.3, -0.25) is 9.78 Å². The second kappa shape index (κ2) is 5.31. The Bertz CT molecular complexity index is 1150. The smallest absolute Gasteiger partial charge is 0.336 e. The Labute approximate surface area is 136 Å². The van der Waals surface area contributed by atoms with Crippen molar-refractivity contribution in [3.8, 4) is 11.1 Å². The number of aromatic amines is 1. The van der Waals surface area contributed by atoms with E-state index in [1.807, 2.05) is 24.3 Å². The van der Waals surface area contributed by atoms with Gasteiger partial charge in [0.25, 0.3) is 5.56 Å². The molecule has 5 nitrogen and oxygen atoms in total. The van der Waals surface area contributed by atoms with Gasteiger partial charge in [0.05, 0.1) is 10.9 Å². The fourth-order valence-corrected chi connectivity index (χ4v) is 3.00. The molecule has 116 valence electrons. The van der Waals surface area contributed by atoms with Crippen molar-refractivity contribution in [2.24, 2.45) is 0 Å². The number of rotatable bonds is 2. The van der Waals surface area contributed by atoms with Crippen LogP contribution in [0.4, 0.5) is 0 Å². The number of aromatic carboxylic acids is 1. The number of aromatic nitrogens is 2. The van der Waals surface area contributed by atoms with E-state index < -0.39 is 5.97 Å². The van der Waals surface area contributed by atoms with Gasteiger partial charge in [0.1, 0.15) is 0 Å². The molecule has 0 radical (unpaired) electrons. The first-order chi connectivity index (χ1) is 11.6. The van der Waals surface area contributed by atoms with Crippen molar-refractivity contribution in [1.82, 2.24) is 9.97 Å². The van der Waals surface area contributed by atoms with Crippen LogP contribution in [0.5, 0.6) is 0 Å². The number of H-pyrrole nitrogens is 1. The first kappa shape index (κ1) is 14.1. The van der Waals surface area contributed by atoms with Crippen LogP contribution >= 0.6 is 0 Å². The van der Waals surface area contributed by atoms with Crippen LogP contribution in [0.3, 0.4) is 0 Å². The molecule has 24 heavy (non-hydrogen) atoms. The van der Waals surface area contributed by atoms with Crippen molar-refractivity contribution in [2.45, 2.75) is 0 Å². The average Bonchev–Trinajstić information content (AvgIpc) is 2.61. The number of hydrogen-bond donors (Lipinski definition) is 2. The number of carboxylic acids is 1. The molecule has 0 amide bonds. The third-order valence-electron chi connectivity index (χ3n) is 4.10. The van der Waals surface area contributed by atoms with Crippen molar-refractivity contribution in [2.75, 3.05) is 0 Å². The summed E-state index contributed by atoms with van der Waals surface area (Å²) in [7, 11) is 0. The van der Waals surface area contributed by atoms with Gasteiger partial charge in [0.15, 0.2) is 0 Å². The van der Waals surface area contributed by atoms with E-state index in [-0.39, 0.29) is 11.1 Å². The van der Waals surface area contributed by atoms with Crippen LogP contribution in [-0.2, 0) is 0 Å². The van der Waals surface area contributed by atoms with Crippen LogP contribution in [0.2, 0.25) is 0 Å². The van der Waals surface area contributed by atoms with Crippen LogP contribution in [0.25, 0.3) is 32.7 Å². The van der Waals surface area contributed by atoms with Crippen LogP contribution in [0.1, 0.15) is 10.4 Å². The maximum absolute atomic E-state index is 12.3. The molecular formula is C19H12N2O3. The molecule has 0 unspecified atom stereocenters. The van der Waals surface area contributed by atoms with Gasteiger partial charge >= 0.3 is 5.97 Å². The van der Waals surface area contributed by atoms with Gasteiger partial charge in [0, 0.05) is 24.2 Å². The number of fused-ring (bicyclic) bond motifs is 3. The third-order valence-corrected chi connectivity index (χ3v) is 4.10. The number of carboxylic acid groups (broad SMARTS) is 1. The zero-order valence-electron chi connectivity index (χ0n) is 12.5. The molecule has 0 atom stereocenters.